The van der Waals surface area contributed by atoms with Crippen LogP contribution in [-0.4, -0.2) is 16.7 Å². The van der Waals surface area contributed by atoms with Crippen molar-refractivity contribution < 1.29 is 13.5 Å². The Morgan fingerprint density at radius 3 is 2.50 bits per heavy atom. The van der Waals surface area contributed by atoms with E-state index in [4.69, 9.17) is 4.74 Å². The standard InChI is InChI=1S/C23H18F2N2O/c1-28-19-9-10-20(16-5-3-2-4-6-16)21(14-19)23-26-11-12-27(23)15-17-7-8-18(24)13-22(17)25/h2-14H,15H2,1H3. The van der Waals surface area contributed by atoms with Crippen LogP contribution in [0.15, 0.2) is 79.1 Å². The predicted molar refractivity (Wildman–Crippen MR) is 105 cm³/mol. The molecule has 3 aromatic carbocycles. The molecule has 0 aliphatic rings. The molecule has 3 nitrogen and oxygen atoms in total. The van der Waals surface area contributed by atoms with Gasteiger partial charge in [-0.15, -0.1) is 0 Å². The number of ether oxygens (including phenoxy) is 1. The molecule has 4 aromatic rings. The molecular formula is C23H18F2N2O. The molecule has 0 amide bonds. The molecule has 0 saturated heterocycles. The van der Waals surface area contributed by atoms with Crippen LogP contribution < -0.4 is 4.74 Å². The molecule has 0 radical (unpaired) electrons. The Kier molecular flexibility index (Phi) is 4.89. The van der Waals surface area contributed by atoms with Crippen LogP contribution in [0, 0.1) is 11.6 Å². The number of halogens is 2. The molecule has 0 bridgehead atoms. The van der Waals surface area contributed by atoms with Crippen LogP contribution in [0.5, 0.6) is 5.75 Å². The second-order valence-corrected chi connectivity index (χ2v) is 6.39. The summed E-state index contributed by atoms with van der Waals surface area (Å²) in [6.45, 7) is 0.243. The Hall–Kier alpha value is -3.47. The molecule has 140 valence electrons. The van der Waals surface area contributed by atoms with Crippen LogP contribution in [0.4, 0.5) is 8.78 Å². The zero-order chi connectivity index (χ0) is 19.5. The number of hydrogen-bond acceptors (Lipinski definition) is 2. The van der Waals surface area contributed by atoms with Gasteiger partial charge in [0.25, 0.3) is 0 Å². The molecule has 1 heterocycles. The number of imidazole rings is 1. The molecule has 0 unspecified atom stereocenters. The third kappa shape index (κ3) is 3.51. The van der Waals surface area contributed by atoms with E-state index in [0.29, 0.717) is 17.1 Å². The topological polar surface area (TPSA) is 27.1 Å². The van der Waals surface area contributed by atoms with Gasteiger partial charge in [0.2, 0.25) is 0 Å². The minimum Gasteiger partial charge on any atom is -0.497 e. The van der Waals surface area contributed by atoms with E-state index < -0.39 is 11.6 Å². The van der Waals surface area contributed by atoms with E-state index in [9.17, 15) is 8.78 Å². The first-order valence-electron chi connectivity index (χ1n) is 8.84. The molecule has 28 heavy (non-hydrogen) atoms. The summed E-state index contributed by atoms with van der Waals surface area (Å²) in [5, 5.41) is 0. The highest BCUT2D eigenvalue weighted by Gasteiger charge is 2.15. The molecule has 1 aromatic heterocycles. The van der Waals surface area contributed by atoms with Gasteiger partial charge >= 0.3 is 0 Å². The van der Waals surface area contributed by atoms with E-state index in [1.807, 2.05) is 53.1 Å². The molecule has 0 atom stereocenters. The van der Waals surface area contributed by atoms with Crippen molar-refractivity contribution in [1.29, 1.82) is 0 Å². The number of aromatic nitrogens is 2. The summed E-state index contributed by atoms with van der Waals surface area (Å²) < 4.78 is 34.6. The first-order chi connectivity index (χ1) is 13.7. The quantitative estimate of drug-likeness (QED) is 0.456. The van der Waals surface area contributed by atoms with Crippen molar-refractivity contribution in [3.63, 3.8) is 0 Å². The number of benzene rings is 3. The SMILES string of the molecule is COc1ccc(-c2ccccc2)c(-c2nccn2Cc2ccc(F)cc2F)c1. The molecule has 4 rings (SSSR count). The lowest BCUT2D eigenvalue weighted by Gasteiger charge is -2.14. The van der Waals surface area contributed by atoms with E-state index in [1.165, 1.54) is 12.1 Å². The lowest BCUT2D eigenvalue weighted by molar-refractivity contribution is 0.415. The van der Waals surface area contributed by atoms with Gasteiger partial charge in [-0.1, -0.05) is 36.4 Å². The number of hydrogen-bond donors (Lipinski definition) is 0. The summed E-state index contributed by atoms with van der Waals surface area (Å²) in [7, 11) is 1.61. The van der Waals surface area contributed by atoms with Crippen molar-refractivity contribution in [3.8, 4) is 28.3 Å². The summed E-state index contributed by atoms with van der Waals surface area (Å²) in [6, 6.07) is 19.4. The first kappa shape index (κ1) is 17.9. The van der Waals surface area contributed by atoms with Gasteiger partial charge in [0.05, 0.1) is 13.7 Å². The zero-order valence-electron chi connectivity index (χ0n) is 15.3. The van der Waals surface area contributed by atoms with Gasteiger partial charge in [-0.2, -0.15) is 0 Å². The normalized spacial score (nSPS) is 10.8. The van der Waals surface area contributed by atoms with Crippen LogP contribution in [0.2, 0.25) is 0 Å². The zero-order valence-corrected chi connectivity index (χ0v) is 15.3. The van der Waals surface area contributed by atoms with E-state index in [2.05, 4.69) is 4.98 Å². The first-order valence-corrected chi connectivity index (χ1v) is 8.84. The Bertz CT molecular complexity index is 1110. The van der Waals surface area contributed by atoms with Gasteiger partial charge in [0, 0.05) is 29.6 Å². The third-order valence-corrected chi connectivity index (χ3v) is 4.62. The summed E-state index contributed by atoms with van der Waals surface area (Å²) in [6.07, 6.45) is 3.46. The minimum absolute atomic E-state index is 0.243. The van der Waals surface area contributed by atoms with E-state index in [-0.39, 0.29) is 6.54 Å². The fraction of sp³-hybridized carbons (Fsp3) is 0.0870. The smallest absolute Gasteiger partial charge is 0.140 e. The van der Waals surface area contributed by atoms with Crippen molar-refractivity contribution in [2.24, 2.45) is 0 Å². The highest BCUT2D eigenvalue weighted by molar-refractivity contribution is 5.81. The van der Waals surface area contributed by atoms with Gasteiger partial charge in [0.1, 0.15) is 23.2 Å². The van der Waals surface area contributed by atoms with E-state index in [0.717, 1.165) is 22.8 Å². The average molecular weight is 376 g/mol. The van der Waals surface area contributed by atoms with Gasteiger partial charge in [0.15, 0.2) is 0 Å². The van der Waals surface area contributed by atoms with Crippen LogP contribution in [0.3, 0.4) is 0 Å². The molecule has 5 heteroatoms. The van der Waals surface area contributed by atoms with Gasteiger partial charge in [-0.25, -0.2) is 13.8 Å². The lowest BCUT2D eigenvalue weighted by atomic mass is 9.98. The van der Waals surface area contributed by atoms with Crippen molar-refractivity contribution in [3.05, 3.63) is 96.3 Å². The van der Waals surface area contributed by atoms with E-state index in [1.54, 1.807) is 19.5 Å². The number of rotatable bonds is 5. The molecule has 0 fully saturated rings. The predicted octanol–water partition coefficient (Wildman–Crippen LogP) is 5.55. The second kappa shape index (κ2) is 7.64. The number of nitrogens with zero attached hydrogens (tertiary/aromatic N) is 2. The third-order valence-electron chi connectivity index (χ3n) is 4.62. The van der Waals surface area contributed by atoms with Crippen LogP contribution in [0.1, 0.15) is 5.56 Å². The van der Waals surface area contributed by atoms with Gasteiger partial charge in [-0.3, -0.25) is 0 Å². The van der Waals surface area contributed by atoms with Gasteiger partial charge < -0.3 is 9.30 Å². The fourth-order valence-electron chi connectivity index (χ4n) is 3.22. The van der Waals surface area contributed by atoms with Crippen molar-refractivity contribution in [1.82, 2.24) is 9.55 Å². The monoisotopic (exact) mass is 376 g/mol. The molecule has 0 aliphatic heterocycles. The van der Waals surface area contributed by atoms with E-state index >= 15 is 0 Å². The Morgan fingerprint density at radius 1 is 0.929 bits per heavy atom. The lowest BCUT2D eigenvalue weighted by Crippen LogP contribution is -2.04. The van der Waals surface area contributed by atoms with Crippen molar-refractivity contribution in [2.75, 3.05) is 7.11 Å². The van der Waals surface area contributed by atoms with Crippen LogP contribution in [-0.2, 0) is 6.54 Å². The molecule has 0 spiro atoms. The Balaban J connectivity index is 1.81. The summed E-state index contributed by atoms with van der Waals surface area (Å²) in [4.78, 5) is 4.50. The van der Waals surface area contributed by atoms with Crippen LogP contribution >= 0.6 is 0 Å². The largest absolute Gasteiger partial charge is 0.497 e. The van der Waals surface area contributed by atoms with Crippen LogP contribution in [0.25, 0.3) is 22.5 Å². The number of methoxy groups -OCH3 is 1. The summed E-state index contributed by atoms with van der Waals surface area (Å²) in [5.41, 5.74) is 3.30. The minimum atomic E-state index is -0.591. The second-order valence-electron chi connectivity index (χ2n) is 6.39. The van der Waals surface area contributed by atoms with Crippen molar-refractivity contribution >= 4 is 0 Å². The molecular weight excluding hydrogens is 358 g/mol. The fourth-order valence-corrected chi connectivity index (χ4v) is 3.22. The van der Waals surface area contributed by atoms with Gasteiger partial charge in [-0.05, 0) is 35.4 Å². The Labute approximate surface area is 161 Å². The summed E-state index contributed by atoms with van der Waals surface area (Å²) >= 11 is 0. The Morgan fingerprint density at radius 2 is 1.75 bits per heavy atom. The average Bonchev–Trinajstić information content (AvgIpc) is 3.18. The highest BCUT2D eigenvalue weighted by Crippen LogP contribution is 2.34. The van der Waals surface area contributed by atoms with Crippen molar-refractivity contribution in [2.45, 2.75) is 6.54 Å². The highest BCUT2D eigenvalue weighted by atomic mass is 19.1. The molecule has 0 saturated carbocycles. The molecule has 0 aliphatic carbocycles. The maximum absolute atomic E-state index is 14.1. The molecule has 0 N–H and O–H groups in total. The maximum Gasteiger partial charge on any atom is 0.140 e. The maximum atomic E-state index is 14.1. The summed E-state index contributed by atoms with van der Waals surface area (Å²) in [5.74, 6) is 0.221.